The zero-order chi connectivity index (χ0) is 22.7. The van der Waals surface area contributed by atoms with Gasteiger partial charge in [0.2, 0.25) is 10.0 Å². The molecule has 0 aliphatic carbocycles. The van der Waals surface area contributed by atoms with Crippen LogP contribution in [0.5, 0.6) is 0 Å². The summed E-state index contributed by atoms with van der Waals surface area (Å²) in [4.78, 5) is 29.7. The topological polar surface area (TPSA) is 113 Å². The van der Waals surface area contributed by atoms with Crippen LogP contribution in [0.25, 0.3) is 0 Å². The quantitative estimate of drug-likeness (QED) is 0.470. The van der Waals surface area contributed by atoms with Crippen LogP contribution in [0.3, 0.4) is 0 Å². The first-order valence-corrected chi connectivity index (χ1v) is 12.6. The summed E-state index contributed by atoms with van der Waals surface area (Å²) in [6.45, 7) is 1.96. The lowest BCUT2D eigenvalue weighted by molar-refractivity contribution is -0.384. The Morgan fingerprint density at radius 2 is 1.81 bits per heavy atom. The van der Waals surface area contributed by atoms with E-state index in [0.717, 1.165) is 18.4 Å². The number of hydrogen-bond acceptors (Lipinski definition) is 7. The molecule has 0 radical (unpaired) electrons. The molecule has 32 heavy (non-hydrogen) atoms. The molecule has 11 heteroatoms. The summed E-state index contributed by atoms with van der Waals surface area (Å²) in [7, 11) is -3.53. The van der Waals surface area contributed by atoms with Crippen LogP contribution < -0.4 is 0 Å². The Kier molecular flexibility index (Phi) is 6.58. The molecule has 0 saturated carbocycles. The summed E-state index contributed by atoms with van der Waals surface area (Å²) >= 11 is 1.34. The smallest absolute Gasteiger partial charge is 0.269 e. The molecule has 0 spiro atoms. The first-order chi connectivity index (χ1) is 15.4. The van der Waals surface area contributed by atoms with E-state index in [4.69, 9.17) is 0 Å². The molecule has 4 rings (SSSR count). The number of amidine groups is 1. The Morgan fingerprint density at radius 1 is 1.09 bits per heavy atom. The van der Waals surface area contributed by atoms with Crippen molar-refractivity contribution in [2.24, 2.45) is 4.99 Å². The van der Waals surface area contributed by atoms with Crippen molar-refractivity contribution in [3.63, 3.8) is 0 Å². The lowest BCUT2D eigenvalue weighted by Gasteiger charge is -2.19. The van der Waals surface area contributed by atoms with Crippen molar-refractivity contribution in [2.45, 2.75) is 23.5 Å². The third-order valence-corrected chi connectivity index (χ3v) is 8.34. The Balaban J connectivity index is 1.43. The van der Waals surface area contributed by atoms with E-state index in [2.05, 4.69) is 4.99 Å². The summed E-state index contributed by atoms with van der Waals surface area (Å²) < 4.78 is 26.8. The number of thioether (sulfide) groups is 1. The fourth-order valence-electron chi connectivity index (χ4n) is 3.65. The summed E-state index contributed by atoms with van der Waals surface area (Å²) in [5.74, 6) is 0.190. The SMILES string of the molecule is O=C(c1ccc(S(=O)(=O)N2CCCC2)cc1)N1CCN=C1SCc1cccc([N+](=O)[O-])c1. The number of benzene rings is 2. The second-order valence-corrected chi connectivity index (χ2v) is 10.4. The van der Waals surface area contributed by atoms with E-state index in [-0.39, 0.29) is 16.5 Å². The van der Waals surface area contributed by atoms with Gasteiger partial charge in [-0.05, 0) is 42.7 Å². The van der Waals surface area contributed by atoms with E-state index in [0.29, 0.717) is 42.7 Å². The van der Waals surface area contributed by atoms with Crippen molar-refractivity contribution in [1.82, 2.24) is 9.21 Å². The van der Waals surface area contributed by atoms with Crippen LogP contribution in [0.15, 0.2) is 58.4 Å². The first kappa shape index (κ1) is 22.4. The van der Waals surface area contributed by atoms with Crippen LogP contribution in [0.4, 0.5) is 5.69 Å². The van der Waals surface area contributed by atoms with Gasteiger partial charge < -0.3 is 0 Å². The van der Waals surface area contributed by atoms with Crippen molar-refractivity contribution < 1.29 is 18.1 Å². The maximum atomic E-state index is 13.0. The number of nitro groups is 1. The number of amides is 1. The Labute approximate surface area is 190 Å². The zero-order valence-electron chi connectivity index (χ0n) is 17.2. The maximum Gasteiger partial charge on any atom is 0.269 e. The fraction of sp³-hybridized carbons (Fsp3) is 0.333. The summed E-state index contributed by atoms with van der Waals surface area (Å²) in [6, 6.07) is 12.4. The summed E-state index contributed by atoms with van der Waals surface area (Å²) in [6.07, 6.45) is 1.72. The predicted octanol–water partition coefficient (Wildman–Crippen LogP) is 3.12. The van der Waals surface area contributed by atoms with Crippen LogP contribution in [0.1, 0.15) is 28.8 Å². The first-order valence-electron chi connectivity index (χ1n) is 10.2. The molecular weight excluding hydrogens is 452 g/mol. The van der Waals surface area contributed by atoms with Crippen molar-refractivity contribution in [1.29, 1.82) is 0 Å². The largest absolute Gasteiger partial charge is 0.286 e. The van der Waals surface area contributed by atoms with E-state index in [1.165, 1.54) is 52.5 Å². The molecule has 1 saturated heterocycles. The lowest BCUT2D eigenvalue weighted by Crippen LogP contribution is -2.33. The minimum atomic E-state index is -3.53. The molecule has 1 fully saturated rings. The highest BCUT2D eigenvalue weighted by atomic mass is 32.2. The van der Waals surface area contributed by atoms with Crippen LogP contribution >= 0.6 is 11.8 Å². The second-order valence-electron chi connectivity index (χ2n) is 7.47. The van der Waals surface area contributed by atoms with Crippen molar-refractivity contribution >= 4 is 38.5 Å². The average Bonchev–Trinajstić information content (AvgIpc) is 3.50. The number of non-ortho nitro benzene ring substituents is 1. The minimum absolute atomic E-state index is 0.0216. The maximum absolute atomic E-state index is 13.0. The second kappa shape index (κ2) is 9.39. The van der Waals surface area contributed by atoms with Crippen molar-refractivity contribution in [2.75, 3.05) is 26.2 Å². The zero-order valence-corrected chi connectivity index (χ0v) is 18.8. The Bertz CT molecular complexity index is 1160. The molecule has 1 amide bonds. The highest BCUT2D eigenvalue weighted by Gasteiger charge is 2.29. The number of nitro benzene ring substituents is 1. The van der Waals surface area contributed by atoms with E-state index < -0.39 is 14.9 Å². The molecule has 2 aliphatic heterocycles. The molecule has 0 N–H and O–H groups in total. The summed E-state index contributed by atoms with van der Waals surface area (Å²) in [5, 5.41) is 11.5. The van der Waals surface area contributed by atoms with Gasteiger partial charge in [0.25, 0.3) is 11.6 Å². The predicted molar refractivity (Wildman–Crippen MR) is 122 cm³/mol. The van der Waals surface area contributed by atoms with Gasteiger partial charge in [-0.15, -0.1) is 0 Å². The van der Waals surface area contributed by atoms with Crippen molar-refractivity contribution in [3.05, 3.63) is 69.8 Å². The average molecular weight is 475 g/mol. The Hall–Kier alpha value is -2.76. The Morgan fingerprint density at radius 3 is 2.50 bits per heavy atom. The van der Waals surface area contributed by atoms with Gasteiger partial charge in [0.05, 0.1) is 16.4 Å². The molecular formula is C21H22N4O5S2. The number of nitrogens with zero attached hydrogens (tertiary/aromatic N) is 4. The third kappa shape index (κ3) is 4.69. The van der Waals surface area contributed by atoms with Crippen LogP contribution in [0, 0.1) is 10.1 Å². The van der Waals surface area contributed by atoms with E-state index in [9.17, 15) is 23.3 Å². The molecule has 2 aromatic carbocycles. The van der Waals surface area contributed by atoms with E-state index in [1.807, 2.05) is 0 Å². The molecule has 2 heterocycles. The van der Waals surface area contributed by atoms with Gasteiger partial charge in [0, 0.05) is 43.1 Å². The molecule has 0 unspecified atom stereocenters. The number of carbonyl (C=O) groups excluding carboxylic acids is 1. The van der Waals surface area contributed by atoms with Gasteiger partial charge in [0.1, 0.15) is 0 Å². The molecule has 168 valence electrons. The van der Waals surface area contributed by atoms with Gasteiger partial charge in [0.15, 0.2) is 5.17 Å². The number of hydrogen-bond donors (Lipinski definition) is 0. The fourth-order valence-corrected chi connectivity index (χ4v) is 6.15. The lowest BCUT2D eigenvalue weighted by atomic mass is 10.2. The molecule has 0 aromatic heterocycles. The highest BCUT2D eigenvalue weighted by Crippen LogP contribution is 2.25. The number of sulfonamides is 1. The van der Waals surface area contributed by atoms with Gasteiger partial charge in [-0.3, -0.25) is 24.8 Å². The highest BCUT2D eigenvalue weighted by molar-refractivity contribution is 8.13. The van der Waals surface area contributed by atoms with Gasteiger partial charge in [-0.2, -0.15) is 4.31 Å². The molecule has 0 atom stereocenters. The van der Waals surface area contributed by atoms with Crippen molar-refractivity contribution in [3.8, 4) is 0 Å². The molecule has 9 nitrogen and oxygen atoms in total. The minimum Gasteiger partial charge on any atom is -0.286 e. The van der Waals surface area contributed by atoms with Gasteiger partial charge in [-0.25, -0.2) is 8.42 Å². The van der Waals surface area contributed by atoms with Gasteiger partial charge in [-0.1, -0.05) is 23.9 Å². The normalized spacial score (nSPS) is 16.9. The summed E-state index contributed by atoms with van der Waals surface area (Å²) in [5.41, 5.74) is 1.17. The third-order valence-electron chi connectivity index (χ3n) is 5.34. The van der Waals surface area contributed by atoms with Gasteiger partial charge >= 0.3 is 0 Å². The van der Waals surface area contributed by atoms with Crippen LogP contribution in [-0.4, -0.2) is 59.8 Å². The van der Waals surface area contributed by atoms with E-state index in [1.54, 1.807) is 17.0 Å². The number of rotatable bonds is 6. The molecule has 2 aromatic rings. The van der Waals surface area contributed by atoms with Crippen LogP contribution in [0.2, 0.25) is 0 Å². The standard InChI is InChI=1S/C21H22N4O5S2/c26-20(17-6-8-19(9-7-17)32(29,30)23-11-1-2-12-23)24-13-10-22-21(24)31-15-16-4-3-5-18(14-16)25(27)28/h3-9,14H,1-2,10-13,15H2. The molecule has 2 aliphatic rings. The monoisotopic (exact) mass is 474 g/mol. The number of carbonyl (C=O) groups is 1. The number of aliphatic imine (C=N–C) groups is 1. The van der Waals surface area contributed by atoms with E-state index >= 15 is 0 Å². The van der Waals surface area contributed by atoms with Crippen LogP contribution in [-0.2, 0) is 15.8 Å². The molecule has 0 bridgehead atoms.